The highest BCUT2D eigenvalue weighted by molar-refractivity contribution is 5.83. The van der Waals surface area contributed by atoms with Gasteiger partial charge in [-0.1, -0.05) is 6.42 Å². The number of piperidine rings is 1. The lowest BCUT2D eigenvalue weighted by atomic mass is 10.0. The summed E-state index contributed by atoms with van der Waals surface area (Å²) in [6.07, 6.45) is 3.16. The van der Waals surface area contributed by atoms with Crippen LogP contribution in [0.1, 0.15) is 56.9 Å². The molecule has 1 saturated heterocycles. The molecule has 2 rings (SSSR count). The zero-order chi connectivity index (χ0) is 21.4. The summed E-state index contributed by atoms with van der Waals surface area (Å²) >= 11 is 0. The second-order valence-corrected chi connectivity index (χ2v) is 7.12. The number of carboxylic acids is 1. The first-order chi connectivity index (χ1) is 13.8. The van der Waals surface area contributed by atoms with E-state index in [4.69, 9.17) is 15.3 Å². The van der Waals surface area contributed by atoms with Gasteiger partial charge in [-0.15, -0.1) is 10.2 Å². The lowest BCUT2D eigenvalue weighted by Crippen LogP contribution is -2.52. The Morgan fingerprint density at radius 3 is 2.66 bits per heavy atom. The van der Waals surface area contributed by atoms with Crippen LogP contribution in [0, 0.1) is 0 Å². The van der Waals surface area contributed by atoms with Gasteiger partial charge in [-0.05, 0) is 32.7 Å². The second kappa shape index (κ2) is 10.7. The summed E-state index contributed by atoms with van der Waals surface area (Å²) in [7, 11) is 0. The lowest BCUT2D eigenvalue weighted by Gasteiger charge is -2.22. The van der Waals surface area contributed by atoms with Crippen molar-refractivity contribution in [1.82, 2.24) is 26.1 Å². The molecule has 29 heavy (non-hydrogen) atoms. The first-order valence-electron chi connectivity index (χ1n) is 9.58. The van der Waals surface area contributed by atoms with Gasteiger partial charge in [0.1, 0.15) is 6.04 Å². The van der Waals surface area contributed by atoms with Crippen LogP contribution in [0.4, 0.5) is 4.79 Å². The Bertz CT molecular complexity index is 702. The van der Waals surface area contributed by atoms with Crippen molar-refractivity contribution in [3.63, 3.8) is 0 Å². The minimum atomic E-state index is -1.52. The molecule has 12 heteroatoms. The number of hydrogen-bond acceptors (Lipinski definition) is 8. The number of carboxylic acid groups (broad SMARTS) is 1. The number of aromatic nitrogens is 2. The highest BCUT2D eigenvalue weighted by atomic mass is 16.4. The van der Waals surface area contributed by atoms with Crippen molar-refractivity contribution in [3.8, 4) is 0 Å². The Labute approximate surface area is 167 Å². The van der Waals surface area contributed by atoms with Gasteiger partial charge in [0.05, 0.1) is 12.5 Å². The predicted octanol–water partition coefficient (Wildman–Crippen LogP) is -0.806. The number of aliphatic carboxylic acids is 1. The van der Waals surface area contributed by atoms with Crippen LogP contribution in [0.25, 0.3) is 0 Å². The SMILES string of the molecule is CC(O)[C@H](NC(=O)N[C@@H](CC(N)=O)c1nnc(CCC2CCCCN2)o1)C(=O)O. The average molecular weight is 412 g/mol. The van der Waals surface area contributed by atoms with Gasteiger partial charge in [0.15, 0.2) is 6.04 Å². The fourth-order valence-corrected chi connectivity index (χ4v) is 3.11. The third-order valence-corrected chi connectivity index (χ3v) is 4.65. The molecule has 162 valence electrons. The molecule has 0 spiro atoms. The van der Waals surface area contributed by atoms with E-state index in [0.29, 0.717) is 18.4 Å². The fraction of sp³-hybridized carbons (Fsp3) is 0.706. The van der Waals surface area contributed by atoms with Crippen LogP contribution in [0.15, 0.2) is 4.42 Å². The van der Waals surface area contributed by atoms with E-state index in [1.165, 1.54) is 19.8 Å². The number of primary amides is 1. The number of hydrogen-bond donors (Lipinski definition) is 6. The van der Waals surface area contributed by atoms with Crippen LogP contribution in [0.5, 0.6) is 0 Å². The molecule has 4 atom stereocenters. The highest BCUT2D eigenvalue weighted by Crippen LogP contribution is 2.18. The maximum Gasteiger partial charge on any atom is 0.328 e. The number of carbonyl (C=O) groups excluding carboxylic acids is 2. The Morgan fingerprint density at radius 2 is 2.07 bits per heavy atom. The number of urea groups is 1. The molecule has 3 amide bonds. The van der Waals surface area contributed by atoms with Gasteiger partial charge >= 0.3 is 12.0 Å². The summed E-state index contributed by atoms with van der Waals surface area (Å²) in [6.45, 7) is 2.22. The van der Waals surface area contributed by atoms with Crippen LogP contribution in [0.2, 0.25) is 0 Å². The molecular formula is C17H28N6O6. The molecule has 1 aliphatic heterocycles. The van der Waals surface area contributed by atoms with Crippen molar-refractivity contribution in [2.75, 3.05) is 6.54 Å². The van der Waals surface area contributed by atoms with Crippen LogP contribution in [-0.2, 0) is 16.0 Å². The van der Waals surface area contributed by atoms with Gasteiger partial charge in [0.25, 0.3) is 0 Å². The molecular weight excluding hydrogens is 384 g/mol. The van der Waals surface area contributed by atoms with Crippen molar-refractivity contribution in [1.29, 1.82) is 0 Å². The molecule has 0 aliphatic carbocycles. The topological polar surface area (TPSA) is 193 Å². The monoisotopic (exact) mass is 412 g/mol. The van der Waals surface area contributed by atoms with E-state index in [0.717, 1.165) is 19.4 Å². The molecule has 7 N–H and O–H groups in total. The van der Waals surface area contributed by atoms with E-state index in [-0.39, 0.29) is 12.3 Å². The first-order valence-corrected chi connectivity index (χ1v) is 9.58. The number of nitrogens with one attached hydrogen (secondary N) is 3. The lowest BCUT2D eigenvalue weighted by molar-refractivity contribution is -0.141. The van der Waals surface area contributed by atoms with Crippen LogP contribution < -0.4 is 21.7 Å². The minimum Gasteiger partial charge on any atom is -0.480 e. The van der Waals surface area contributed by atoms with Gasteiger partial charge in [-0.3, -0.25) is 4.79 Å². The number of aryl methyl sites for hydroxylation is 1. The number of amides is 3. The molecule has 12 nitrogen and oxygen atoms in total. The number of rotatable bonds is 10. The Hall–Kier alpha value is -2.73. The van der Waals surface area contributed by atoms with E-state index in [2.05, 4.69) is 26.1 Å². The molecule has 0 saturated carbocycles. The number of carbonyl (C=O) groups is 3. The highest BCUT2D eigenvalue weighted by Gasteiger charge is 2.28. The van der Waals surface area contributed by atoms with E-state index in [9.17, 15) is 19.5 Å². The van der Waals surface area contributed by atoms with E-state index >= 15 is 0 Å². The minimum absolute atomic E-state index is 0.00512. The molecule has 2 heterocycles. The third-order valence-electron chi connectivity index (χ3n) is 4.65. The van der Waals surface area contributed by atoms with E-state index in [1.807, 2.05) is 0 Å². The molecule has 1 aliphatic rings. The molecule has 2 unspecified atom stereocenters. The summed E-state index contributed by atoms with van der Waals surface area (Å²) in [5, 5.41) is 34.3. The largest absolute Gasteiger partial charge is 0.480 e. The molecule has 1 aromatic rings. The number of nitrogens with zero attached hydrogens (tertiary/aromatic N) is 2. The van der Waals surface area contributed by atoms with Crippen molar-refractivity contribution in [2.24, 2.45) is 5.73 Å². The Balaban J connectivity index is 1.98. The standard InChI is InChI=1S/C17H28N6O6/c1-9(24)14(16(26)27)21-17(28)20-11(8-12(18)25)15-23-22-13(29-15)6-5-10-4-2-3-7-19-10/h9-11,14,19,24H,2-8H2,1H3,(H2,18,25)(H,26,27)(H2,20,21,28)/t9?,10?,11-,14-/m0/s1. The average Bonchev–Trinajstić information content (AvgIpc) is 3.13. The molecule has 0 aromatic carbocycles. The van der Waals surface area contributed by atoms with Gasteiger partial charge in [0, 0.05) is 12.5 Å². The molecule has 0 radical (unpaired) electrons. The van der Waals surface area contributed by atoms with Crippen LogP contribution in [-0.4, -0.2) is 63.1 Å². The van der Waals surface area contributed by atoms with Crippen molar-refractivity contribution in [3.05, 3.63) is 11.8 Å². The zero-order valence-corrected chi connectivity index (χ0v) is 16.3. The van der Waals surface area contributed by atoms with Gasteiger partial charge in [0.2, 0.25) is 17.7 Å². The van der Waals surface area contributed by atoms with Crippen molar-refractivity contribution in [2.45, 2.75) is 69.7 Å². The predicted molar refractivity (Wildman–Crippen MR) is 99.6 cm³/mol. The fourth-order valence-electron chi connectivity index (χ4n) is 3.11. The van der Waals surface area contributed by atoms with Gasteiger partial charge in [-0.2, -0.15) is 0 Å². The second-order valence-electron chi connectivity index (χ2n) is 7.12. The first kappa shape index (κ1) is 22.6. The maximum atomic E-state index is 12.1. The van der Waals surface area contributed by atoms with Crippen LogP contribution in [0.3, 0.4) is 0 Å². The summed E-state index contributed by atoms with van der Waals surface area (Å²) in [5.74, 6) is -1.75. The smallest absolute Gasteiger partial charge is 0.328 e. The quantitative estimate of drug-likeness (QED) is 0.285. The number of nitrogens with two attached hydrogens (primary N) is 1. The summed E-state index contributed by atoms with van der Waals surface area (Å²) in [6, 6.07) is -3.08. The summed E-state index contributed by atoms with van der Waals surface area (Å²) in [4.78, 5) is 34.6. The van der Waals surface area contributed by atoms with Crippen LogP contribution >= 0.6 is 0 Å². The Morgan fingerprint density at radius 1 is 1.31 bits per heavy atom. The summed E-state index contributed by atoms with van der Waals surface area (Å²) in [5.41, 5.74) is 5.22. The van der Waals surface area contributed by atoms with E-state index < -0.39 is 36.1 Å². The van der Waals surface area contributed by atoms with Crippen molar-refractivity contribution >= 4 is 17.9 Å². The molecule has 1 fully saturated rings. The number of aliphatic hydroxyl groups excluding tert-OH is 1. The van der Waals surface area contributed by atoms with E-state index in [1.54, 1.807) is 0 Å². The van der Waals surface area contributed by atoms with Crippen molar-refractivity contribution < 1.29 is 29.0 Å². The maximum absolute atomic E-state index is 12.1. The third kappa shape index (κ3) is 7.31. The summed E-state index contributed by atoms with van der Waals surface area (Å²) < 4.78 is 5.57. The zero-order valence-electron chi connectivity index (χ0n) is 16.3. The molecule has 0 bridgehead atoms. The normalized spacial score (nSPS) is 19.7. The van der Waals surface area contributed by atoms with Gasteiger partial charge in [-0.25, -0.2) is 9.59 Å². The van der Waals surface area contributed by atoms with Gasteiger partial charge < -0.3 is 36.3 Å². The number of aliphatic hydroxyl groups is 1. The molecule has 1 aromatic heterocycles. The Kier molecular flexibility index (Phi) is 8.34.